The van der Waals surface area contributed by atoms with Crippen LogP contribution in [-0.2, 0) is 0 Å². The molecule has 0 N–H and O–H groups in total. The van der Waals surface area contributed by atoms with E-state index in [1.54, 1.807) is 5.19 Å². The molecule has 0 aliphatic carbocycles. The molecule has 1 aliphatic rings. The first-order valence-electron chi connectivity index (χ1n) is 4.87. The summed E-state index contributed by atoms with van der Waals surface area (Å²) in [4.78, 5) is 0. The standard InChI is InChI=1S/C11H15Si/c1-3-7-11(8-4-1)12-9-5-2-6-10-12/h1,3-4,7-8H,2,5-6,9-10H2. The highest BCUT2D eigenvalue weighted by molar-refractivity contribution is 6.73. The van der Waals surface area contributed by atoms with Crippen molar-refractivity contribution in [3.05, 3.63) is 30.3 Å². The summed E-state index contributed by atoms with van der Waals surface area (Å²) in [5, 5.41) is 1.65. The van der Waals surface area contributed by atoms with Crippen LogP contribution >= 0.6 is 0 Å². The van der Waals surface area contributed by atoms with Crippen LogP contribution in [0.5, 0.6) is 0 Å². The van der Waals surface area contributed by atoms with Crippen molar-refractivity contribution < 1.29 is 0 Å². The first-order chi connectivity index (χ1) is 5.97. The molecule has 0 spiro atoms. The fraction of sp³-hybridized carbons (Fsp3) is 0.455. The monoisotopic (exact) mass is 175 g/mol. The third kappa shape index (κ3) is 1.78. The molecule has 0 aromatic heterocycles. The van der Waals surface area contributed by atoms with Gasteiger partial charge in [0.05, 0.1) is 8.80 Å². The molecule has 0 nitrogen and oxygen atoms in total. The zero-order valence-corrected chi connectivity index (χ0v) is 8.42. The Kier molecular flexibility index (Phi) is 2.62. The number of benzene rings is 1. The normalized spacial score (nSPS) is 19.3. The molecule has 1 radical (unpaired) electrons. The summed E-state index contributed by atoms with van der Waals surface area (Å²) in [5.41, 5.74) is 0. The molecule has 1 aromatic rings. The molecule has 0 bridgehead atoms. The smallest absolute Gasteiger partial charge is 0.0633 e. The average Bonchev–Trinajstić information content (AvgIpc) is 2.21. The Hall–Kier alpha value is -0.563. The van der Waals surface area contributed by atoms with Crippen molar-refractivity contribution in [3.63, 3.8) is 0 Å². The molecular formula is C11H15Si. The number of rotatable bonds is 1. The van der Waals surface area contributed by atoms with Gasteiger partial charge >= 0.3 is 0 Å². The lowest BCUT2D eigenvalue weighted by Gasteiger charge is -2.19. The molecule has 0 unspecified atom stereocenters. The van der Waals surface area contributed by atoms with Crippen molar-refractivity contribution in [3.8, 4) is 0 Å². The van der Waals surface area contributed by atoms with Crippen LogP contribution in [0.25, 0.3) is 0 Å². The maximum Gasteiger partial charge on any atom is 0.0856 e. The van der Waals surface area contributed by atoms with Crippen LogP contribution in [0, 0.1) is 0 Å². The zero-order valence-electron chi connectivity index (χ0n) is 7.42. The molecule has 63 valence electrons. The predicted molar refractivity (Wildman–Crippen MR) is 55.3 cm³/mol. The van der Waals surface area contributed by atoms with Gasteiger partial charge in [-0.2, -0.15) is 0 Å². The highest BCUT2D eigenvalue weighted by atomic mass is 28.3. The minimum atomic E-state index is -0.126. The summed E-state index contributed by atoms with van der Waals surface area (Å²) in [6.45, 7) is 0. The van der Waals surface area contributed by atoms with Gasteiger partial charge in [-0.05, 0) is 0 Å². The SMILES string of the molecule is c1ccc([Si]2CCCCC2)cc1. The van der Waals surface area contributed by atoms with Gasteiger partial charge in [0.25, 0.3) is 0 Å². The summed E-state index contributed by atoms with van der Waals surface area (Å²) in [7, 11) is -0.126. The maximum absolute atomic E-state index is 2.32. The van der Waals surface area contributed by atoms with Crippen LogP contribution in [0.3, 0.4) is 0 Å². The molecule has 0 amide bonds. The van der Waals surface area contributed by atoms with E-state index in [9.17, 15) is 0 Å². The second kappa shape index (κ2) is 3.90. The maximum atomic E-state index is 2.32. The molecule has 1 fully saturated rings. The van der Waals surface area contributed by atoms with Crippen LogP contribution < -0.4 is 5.19 Å². The molecule has 1 saturated heterocycles. The summed E-state index contributed by atoms with van der Waals surface area (Å²) in [5.74, 6) is 0. The highest BCUT2D eigenvalue weighted by Gasteiger charge is 2.16. The van der Waals surface area contributed by atoms with Gasteiger partial charge in [-0.3, -0.25) is 0 Å². The third-order valence-corrected chi connectivity index (χ3v) is 5.70. The topological polar surface area (TPSA) is 0 Å². The van der Waals surface area contributed by atoms with Gasteiger partial charge in [0.2, 0.25) is 0 Å². The van der Waals surface area contributed by atoms with Crippen molar-refractivity contribution in [2.75, 3.05) is 0 Å². The molecule has 1 heterocycles. The van der Waals surface area contributed by atoms with E-state index < -0.39 is 0 Å². The molecule has 0 saturated carbocycles. The van der Waals surface area contributed by atoms with Crippen LogP contribution in [0.15, 0.2) is 30.3 Å². The molecule has 0 atom stereocenters. The Labute approximate surface area is 76.2 Å². The van der Waals surface area contributed by atoms with Crippen molar-refractivity contribution in [2.24, 2.45) is 0 Å². The van der Waals surface area contributed by atoms with E-state index in [0.29, 0.717) is 0 Å². The Morgan fingerprint density at radius 3 is 2.17 bits per heavy atom. The zero-order chi connectivity index (χ0) is 8.23. The molecule has 2 rings (SSSR count). The van der Waals surface area contributed by atoms with E-state index in [2.05, 4.69) is 30.3 Å². The fourth-order valence-corrected chi connectivity index (χ4v) is 4.79. The largest absolute Gasteiger partial charge is 0.0856 e. The molecular weight excluding hydrogens is 160 g/mol. The first-order valence-corrected chi connectivity index (χ1v) is 6.78. The molecule has 1 heteroatoms. The van der Waals surface area contributed by atoms with Crippen molar-refractivity contribution in [1.82, 2.24) is 0 Å². The van der Waals surface area contributed by atoms with E-state index in [4.69, 9.17) is 0 Å². The second-order valence-corrected chi connectivity index (χ2v) is 6.31. The highest BCUT2D eigenvalue weighted by Crippen LogP contribution is 2.18. The first kappa shape index (κ1) is 8.05. The lowest BCUT2D eigenvalue weighted by Crippen LogP contribution is -2.31. The second-order valence-electron chi connectivity index (χ2n) is 3.53. The lowest BCUT2D eigenvalue weighted by atomic mass is 10.3. The quantitative estimate of drug-likeness (QED) is 0.575. The Morgan fingerprint density at radius 2 is 1.50 bits per heavy atom. The molecule has 12 heavy (non-hydrogen) atoms. The van der Waals surface area contributed by atoms with Crippen LogP contribution in [-0.4, -0.2) is 8.80 Å². The van der Waals surface area contributed by atoms with Gasteiger partial charge in [0, 0.05) is 0 Å². The van der Waals surface area contributed by atoms with E-state index >= 15 is 0 Å². The van der Waals surface area contributed by atoms with E-state index in [1.165, 1.54) is 31.4 Å². The fourth-order valence-electron chi connectivity index (χ4n) is 1.94. The average molecular weight is 175 g/mol. The van der Waals surface area contributed by atoms with Crippen LogP contribution in [0.2, 0.25) is 12.1 Å². The van der Waals surface area contributed by atoms with Gasteiger partial charge in [-0.1, -0.05) is 66.9 Å². The van der Waals surface area contributed by atoms with Crippen LogP contribution in [0.4, 0.5) is 0 Å². The Balaban J connectivity index is 2.08. The van der Waals surface area contributed by atoms with Gasteiger partial charge in [0.15, 0.2) is 0 Å². The van der Waals surface area contributed by atoms with E-state index in [0.717, 1.165) is 0 Å². The van der Waals surface area contributed by atoms with Gasteiger partial charge < -0.3 is 0 Å². The lowest BCUT2D eigenvalue weighted by molar-refractivity contribution is 0.728. The Bertz CT molecular complexity index is 224. The molecule has 1 aliphatic heterocycles. The summed E-state index contributed by atoms with van der Waals surface area (Å²) < 4.78 is 0. The predicted octanol–water partition coefficient (Wildman–Crippen LogP) is 2.57. The van der Waals surface area contributed by atoms with Crippen molar-refractivity contribution in [2.45, 2.75) is 31.4 Å². The minimum Gasteiger partial charge on any atom is -0.0633 e. The van der Waals surface area contributed by atoms with Gasteiger partial charge in [0.1, 0.15) is 0 Å². The summed E-state index contributed by atoms with van der Waals surface area (Å²) in [6.07, 6.45) is 4.42. The number of hydrogen-bond donors (Lipinski definition) is 0. The van der Waals surface area contributed by atoms with E-state index in [1.807, 2.05) is 0 Å². The van der Waals surface area contributed by atoms with Gasteiger partial charge in [-0.25, -0.2) is 0 Å². The van der Waals surface area contributed by atoms with Crippen LogP contribution in [0.1, 0.15) is 19.3 Å². The van der Waals surface area contributed by atoms with E-state index in [-0.39, 0.29) is 8.80 Å². The summed E-state index contributed by atoms with van der Waals surface area (Å²) >= 11 is 0. The third-order valence-electron chi connectivity index (χ3n) is 2.64. The number of hydrogen-bond acceptors (Lipinski definition) is 0. The van der Waals surface area contributed by atoms with Gasteiger partial charge in [-0.15, -0.1) is 0 Å². The molecule has 1 aromatic carbocycles. The summed E-state index contributed by atoms with van der Waals surface area (Å²) in [6, 6.07) is 14.1. The minimum absolute atomic E-state index is 0.126. The van der Waals surface area contributed by atoms with Crippen molar-refractivity contribution >= 4 is 14.0 Å². The van der Waals surface area contributed by atoms with Crippen molar-refractivity contribution in [1.29, 1.82) is 0 Å². The Morgan fingerprint density at radius 1 is 0.833 bits per heavy atom.